The van der Waals surface area contributed by atoms with Gasteiger partial charge in [0, 0.05) is 35.4 Å². The lowest BCUT2D eigenvalue weighted by molar-refractivity contribution is -0.123. The Labute approximate surface area is 164 Å². The van der Waals surface area contributed by atoms with E-state index in [4.69, 9.17) is 0 Å². The highest BCUT2D eigenvalue weighted by atomic mass is 35.5. The van der Waals surface area contributed by atoms with Crippen LogP contribution in [-0.2, 0) is 0 Å². The standard InChI is InChI=1S/C18H14F3N5O.ClH/c19-18(20,21)11-24-17(27)12-3-5-14(6-4-12)25-15-7-9-23-16(26-15)13-2-1-8-22-10-13;/h1-10H,11H2,(H,24,27)(H,23,25,26);1H. The van der Waals surface area contributed by atoms with Crippen molar-refractivity contribution in [1.29, 1.82) is 0 Å². The molecule has 6 nitrogen and oxygen atoms in total. The van der Waals surface area contributed by atoms with Crippen LogP contribution in [0.3, 0.4) is 0 Å². The second-order valence-electron chi connectivity index (χ2n) is 5.51. The van der Waals surface area contributed by atoms with E-state index in [9.17, 15) is 18.0 Å². The molecule has 1 amide bonds. The molecule has 0 aliphatic rings. The molecule has 3 rings (SSSR count). The smallest absolute Gasteiger partial charge is 0.343 e. The predicted octanol–water partition coefficient (Wildman–Crippen LogP) is 4.00. The van der Waals surface area contributed by atoms with Crippen molar-refractivity contribution in [3.05, 3.63) is 66.6 Å². The van der Waals surface area contributed by atoms with E-state index in [0.29, 0.717) is 17.3 Å². The first-order valence-corrected chi connectivity index (χ1v) is 7.86. The summed E-state index contributed by atoms with van der Waals surface area (Å²) in [5.74, 6) is 0.231. The van der Waals surface area contributed by atoms with Crippen molar-refractivity contribution in [3.8, 4) is 11.4 Å². The van der Waals surface area contributed by atoms with Crippen LogP contribution >= 0.6 is 12.4 Å². The predicted molar refractivity (Wildman–Crippen MR) is 101 cm³/mol. The Hall–Kier alpha value is -3.20. The first-order valence-electron chi connectivity index (χ1n) is 7.86. The van der Waals surface area contributed by atoms with Gasteiger partial charge in [0.2, 0.25) is 0 Å². The normalized spacial score (nSPS) is 10.7. The maximum Gasteiger partial charge on any atom is 0.405 e. The molecule has 28 heavy (non-hydrogen) atoms. The molecule has 0 bridgehead atoms. The molecule has 1 aromatic carbocycles. The number of alkyl halides is 3. The van der Waals surface area contributed by atoms with E-state index in [1.165, 1.54) is 12.1 Å². The number of carbonyl (C=O) groups excluding carboxylic acids is 1. The number of anilines is 2. The number of benzene rings is 1. The molecule has 0 unspecified atom stereocenters. The van der Waals surface area contributed by atoms with Crippen LogP contribution in [0.15, 0.2) is 61.1 Å². The molecule has 0 saturated heterocycles. The Kier molecular flexibility index (Phi) is 6.89. The minimum Gasteiger partial charge on any atom is -0.343 e. The zero-order valence-corrected chi connectivity index (χ0v) is 15.1. The van der Waals surface area contributed by atoms with E-state index >= 15 is 0 Å². The molecule has 0 atom stereocenters. The first-order chi connectivity index (χ1) is 12.9. The second kappa shape index (κ2) is 9.14. The van der Waals surface area contributed by atoms with Crippen molar-refractivity contribution >= 4 is 29.8 Å². The van der Waals surface area contributed by atoms with Crippen LogP contribution in [0, 0.1) is 0 Å². The van der Waals surface area contributed by atoms with E-state index in [0.717, 1.165) is 5.56 Å². The molecule has 0 fully saturated rings. The molecule has 2 N–H and O–H groups in total. The Morgan fingerprint density at radius 1 is 1.04 bits per heavy atom. The van der Waals surface area contributed by atoms with Gasteiger partial charge in [0.25, 0.3) is 5.91 Å². The van der Waals surface area contributed by atoms with Crippen molar-refractivity contribution in [2.75, 3.05) is 11.9 Å². The zero-order valence-electron chi connectivity index (χ0n) is 14.3. The van der Waals surface area contributed by atoms with Gasteiger partial charge in [0.05, 0.1) is 0 Å². The van der Waals surface area contributed by atoms with Crippen LogP contribution in [0.2, 0.25) is 0 Å². The fraction of sp³-hybridized carbons (Fsp3) is 0.111. The second-order valence-corrected chi connectivity index (χ2v) is 5.51. The monoisotopic (exact) mass is 409 g/mol. The Balaban J connectivity index is 0.00000280. The largest absolute Gasteiger partial charge is 0.405 e. The van der Waals surface area contributed by atoms with E-state index in [-0.39, 0.29) is 18.0 Å². The van der Waals surface area contributed by atoms with E-state index < -0.39 is 18.6 Å². The van der Waals surface area contributed by atoms with Crippen molar-refractivity contribution in [1.82, 2.24) is 20.3 Å². The van der Waals surface area contributed by atoms with E-state index in [1.54, 1.807) is 42.9 Å². The lowest BCUT2D eigenvalue weighted by Crippen LogP contribution is -2.33. The number of hydrogen-bond acceptors (Lipinski definition) is 5. The van der Waals surface area contributed by atoms with Crippen LogP contribution in [0.1, 0.15) is 10.4 Å². The third kappa shape index (κ3) is 5.92. The molecule has 146 valence electrons. The maximum atomic E-state index is 12.2. The number of carbonyl (C=O) groups is 1. The Morgan fingerprint density at radius 3 is 2.43 bits per heavy atom. The van der Waals surface area contributed by atoms with Gasteiger partial charge >= 0.3 is 6.18 Å². The molecule has 10 heteroatoms. The van der Waals surface area contributed by atoms with Crippen molar-refractivity contribution < 1.29 is 18.0 Å². The number of nitrogens with zero attached hydrogens (tertiary/aromatic N) is 3. The topological polar surface area (TPSA) is 79.8 Å². The number of amides is 1. The quantitative estimate of drug-likeness (QED) is 0.666. The third-order valence-electron chi connectivity index (χ3n) is 3.44. The van der Waals surface area contributed by atoms with Crippen LogP contribution in [0.5, 0.6) is 0 Å². The molecular weight excluding hydrogens is 395 g/mol. The first kappa shape index (κ1) is 21.1. The van der Waals surface area contributed by atoms with Crippen molar-refractivity contribution in [3.63, 3.8) is 0 Å². The van der Waals surface area contributed by atoms with Gasteiger partial charge in [-0.25, -0.2) is 9.97 Å². The van der Waals surface area contributed by atoms with Gasteiger partial charge in [-0.2, -0.15) is 13.2 Å². The SMILES string of the molecule is Cl.O=C(NCC(F)(F)F)c1ccc(Nc2ccnc(-c3cccnc3)n2)cc1. The summed E-state index contributed by atoms with van der Waals surface area (Å²) < 4.78 is 36.5. The summed E-state index contributed by atoms with van der Waals surface area (Å²) in [6.45, 7) is -1.37. The van der Waals surface area contributed by atoms with Crippen LogP contribution < -0.4 is 10.6 Å². The van der Waals surface area contributed by atoms with Crippen molar-refractivity contribution in [2.45, 2.75) is 6.18 Å². The summed E-state index contributed by atoms with van der Waals surface area (Å²) >= 11 is 0. The summed E-state index contributed by atoms with van der Waals surface area (Å²) in [7, 11) is 0. The molecule has 0 spiro atoms. The number of aromatic nitrogens is 3. The Morgan fingerprint density at radius 2 is 1.79 bits per heavy atom. The summed E-state index contributed by atoms with van der Waals surface area (Å²) in [6.07, 6.45) is 0.443. The van der Waals surface area contributed by atoms with Gasteiger partial charge < -0.3 is 10.6 Å². The van der Waals surface area contributed by atoms with Gasteiger partial charge in [-0.1, -0.05) is 0 Å². The summed E-state index contributed by atoms with van der Waals surface area (Å²) in [4.78, 5) is 24.3. The van der Waals surface area contributed by atoms with Gasteiger partial charge in [-0.15, -0.1) is 12.4 Å². The van der Waals surface area contributed by atoms with Crippen LogP contribution in [-0.4, -0.2) is 33.6 Å². The minimum absolute atomic E-state index is 0. The van der Waals surface area contributed by atoms with Crippen LogP contribution in [0.25, 0.3) is 11.4 Å². The molecule has 0 radical (unpaired) electrons. The highest BCUT2D eigenvalue weighted by molar-refractivity contribution is 5.94. The van der Waals surface area contributed by atoms with E-state index in [1.807, 2.05) is 11.4 Å². The third-order valence-corrected chi connectivity index (χ3v) is 3.44. The lowest BCUT2D eigenvalue weighted by Gasteiger charge is -2.10. The highest BCUT2D eigenvalue weighted by Gasteiger charge is 2.27. The van der Waals surface area contributed by atoms with Crippen LogP contribution in [0.4, 0.5) is 24.7 Å². The molecule has 0 aliphatic carbocycles. The average molecular weight is 410 g/mol. The zero-order chi connectivity index (χ0) is 19.3. The molecule has 3 aromatic rings. The van der Waals surface area contributed by atoms with Gasteiger partial charge in [-0.05, 0) is 42.5 Å². The molecular formula is C18H15ClF3N5O. The maximum absolute atomic E-state index is 12.2. The number of pyridine rings is 1. The lowest BCUT2D eigenvalue weighted by atomic mass is 10.2. The fourth-order valence-corrected chi connectivity index (χ4v) is 2.20. The average Bonchev–Trinajstić information content (AvgIpc) is 2.67. The molecule has 2 heterocycles. The Bertz CT molecular complexity index is 921. The fourth-order valence-electron chi connectivity index (χ4n) is 2.20. The molecule has 2 aromatic heterocycles. The number of nitrogens with one attached hydrogen (secondary N) is 2. The van der Waals surface area contributed by atoms with Gasteiger partial charge in [0.1, 0.15) is 12.4 Å². The summed E-state index contributed by atoms with van der Waals surface area (Å²) in [5, 5.41) is 4.88. The van der Waals surface area contributed by atoms with Gasteiger partial charge in [-0.3, -0.25) is 9.78 Å². The summed E-state index contributed by atoms with van der Waals surface area (Å²) in [5.41, 5.74) is 1.51. The summed E-state index contributed by atoms with van der Waals surface area (Å²) in [6, 6.07) is 11.3. The number of hydrogen-bond donors (Lipinski definition) is 2. The minimum atomic E-state index is -4.45. The number of rotatable bonds is 5. The van der Waals surface area contributed by atoms with Crippen molar-refractivity contribution in [2.24, 2.45) is 0 Å². The molecule has 0 aliphatic heterocycles. The highest BCUT2D eigenvalue weighted by Crippen LogP contribution is 2.19. The number of halogens is 4. The molecule has 0 saturated carbocycles. The van der Waals surface area contributed by atoms with Gasteiger partial charge in [0.15, 0.2) is 5.82 Å². The van der Waals surface area contributed by atoms with E-state index in [2.05, 4.69) is 20.3 Å².